The van der Waals surface area contributed by atoms with Gasteiger partial charge in [-0.3, -0.25) is 9.88 Å². The second kappa shape index (κ2) is 8.20. The molecule has 0 atom stereocenters. The molecule has 0 spiro atoms. The summed E-state index contributed by atoms with van der Waals surface area (Å²) < 4.78 is 13.1. The van der Waals surface area contributed by atoms with Gasteiger partial charge in [-0.05, 0) is 79.4 Å². The third-order valence-corrected chi connectivity index (χ3v) is 5.55. The molecule has 1 aliphatic rings. The molecule has 0 saturated carbocycles. The molecule has 4 rings (SSSR count). The number of rotatable bonds is 4. The average molecular weight is 381 g/mol. The Bertz CT molecular complexity index is 885. The molecular formula is C23H22ClFN2. The van der Waals surface area contributed by atoms with Gasteiger partial charge in [0.1, 0.15) is 5.82 Å². The Kier molecular flexibility index (Phi) is 5.51. The third kappa shape index (κ3) is 4.55. The Morgan fingerprint density at radius 1 is 0.963 bits per heavy atom. The molecule has 0 bridgehead atoms. The number of benzene rings is 2. The van der Waals surface area contributed by atoms with Crippen LogP contribution in [0.15, 0.2) is 66.9 Å². The van der Waals surface area contributed by atoms with Gasteiger partial charge in [0.25, 0.3) is 0 Å². The fourth-order valence-corrected chi connectivity index (χ4v) is 3.89. The Morgan fingerprint density at radius 2 is 1.67 bits per heavy atom. The highest BCUT2D eigenvalue weighted by Crippen LogP contribution is 2.29. The average Bonchev–Trinajstić information content (AvgIpc) is 2.70. The number of pyridine rings is 1. The standard InChI is InChI=1S/C23H22ClFN2/c24-21-5-1-20(2-6-21)23-15-17(9-12-26-23)16-27-13-10-19(11-14-27)18-3-7-22(25)8-4-18/h1-9,12,15,19H,10-11,13-14,16H2. The monoisotopic (exact) mass is 380 g/mol. The number of hydrogen-bond donors (Lipinski definition) is 0. The topological polar surface area (TPSA) is 16.1 Å². The minimum absolute atomic E-state index is 0.162. The normalized spacial score (nSPS) is 15.8. The van der Waals surface area contributed by atoms with Crippen LogP contribution in [0.4, 0.5) is 4.39 Å². The summed E-state index contributed by atoms with van der Waals surface area (Å²) in [5.74, 6) is 0.370. The van der Waals surface area contributed by atoms with E-state index in [-0.39, 0.29) is 5.82 Å². The van der Waals surface area contributed by atoms with E-state index < -0.39 is 0 Å². The molecule has 2 aromatic carbocycles. The van der Waals surface area contributed by atoms with Crippen LogP contribution in [0.2, 0.25) is 5.02 Å². The summed E-state index contributed by atoms with van der Waals surface area (Å²) in [4.78, 5) is 6.99. The fraction of sp³-hybridized carbons (Fsp3) is 0.261. The number of nitrogens with zero attached hydrogens (tertiary/aromatic N) is 2. The molecule has 2 nitrogen and oxygen atoms in total. The predicted octanol–water partition coefficient (Wildman–Crippen LogP) is 5.92. The van der Waals surface area contributed by atoms with E-state index in [1.165, 1.54) is 11.1 Å². The van der Waals surface area contributed by atoms with Crippen molar-refractivity contribution in [3.8, 4) is 11.3 Å². The van der Waals surface area contributed by atoms with E-state index in [2.05, 4.69) is 22.0 Å². The van der Waals surface area contributed by atoms with E-state index in [4.69, 9.17) is 11.6 Å². The molecule has 2 heterocycles. The van der Waals surface area contributed by atoms with Gasteiger partial charge in [-0.15, -0.1) is 0 Å². The summed E-state index contributed by atoms with van der Waals surface area (Å²) in [5, 5.41) is 0.735. The van der Waals surface area contributed by atoms with Crippen molar-refractivity contribution in [3.05, 3.63) is 88.8 Å². The van der Waals surface area contributed by atoms with Gasteiger partial charge in [-0.2, -0.15) is 0 Å². The number of piperidine rings is 1. The van der Waals surface area contributed by atoms with Crippen LogP contribution in [0.3, 0.4) is 0 Å². The van der Waals surface area contributed by atoms with Gasteiger partial charge < -0.3 is 0 Å². The van der Waals surface area contributed by atoms with Crippen molar-refractivity contribution in [1.82, 2.24) is 9.88 Å². The van der Waals surface area contributed by atoms with E-state index in [1.54, 1.807) is 12.1 Å². The molecule has 0 amide bonds. The first-order valence-electron chi connectivity index (χ1n) is 9.36. The summed E-state index contributed by atoms with van der Waals surface area (Å²) in [5.41, 5.74) is 4.59. The van der Waals surface area contributed by atoms with Crippen molar-refractivity contribution in [2.45, 2.75) is 25.3 Å². The summed E-state index contributed by atoms with van der Waals surface area (Å²) in [7, 11) is 0. The minimum Gasteiger partial charge on any atom is -0.299 e. The Hall–Kier alpha value is -2.23. The molecular weight excluding hydrogens is 359 g/mol. The van der Waals surface area contributed by atoms with Gasteiger partial charge >= 0.3 is 0 Å². The van der Waals surface area contributed by atoms with Crippen molar-refractivity contribution < 1.29 is 4.39 Å². The summed E-state index contributed by atoms with van der Waals surface area (Å²) >= 11 is 5.98. The molecule has 1 aromatic heterocycles. The lowest BCUT2D eigenvalue weighted by Crippen LogP contribution is -2.32. The first-order chi connectivity index (χ1) is 13.2. The molecule has 138 valence electrons. The van der Waals surface area contributed by atoms with Gasteiger partial charge in [0.2, 0.25) is 0 Å². The molecule has 0 unspecified atom stereocenters. The van der Waals surface area contributed by atoms with Crippen molar-refractivity contribution in [1.29, 1.82) is 0 Å². The van der Waals surface area contributed by atoms with Crippen molar-refractivity contribution in [3.63, 3.8) is 0 Å². The van der Waals surface area contributed by atoms with E-state index in [9.17, 15) is 4.39 Å². The highest BCUT2D eigenvalue weighted by molar-refractivity contribution is 6.30. The first-order valence-corrected chi connectivity index (χ1v) is 9.74. The number of halogens is 2. The van der Waals surface area contributed by atoms with E-state index in [0.717, 1.165) is 48.8 Å². The third-order valence-electron chi connectivity index (χ3n) is 5.30. The Labute approximate surface area is 164 Å². The van der Waals surface area contributed by atoms with Gasteiger partial charge in [-0.1, -0.05) is 35.9 Å². The lowest BCUT2D eigenvalue weighted by Gasteiger charge is -2.32. The number of aromatic nitrogens is 1. The van der Waals surface area contributed by atoms with Crippen molar-refractivity contribution in [2.24, 2.45) is 0 Å². The second-order valence-corrected chi connectivity index (χ2v) is 7.59. The van der Waals surface area contributed by atoms with Crippen LogP contribution >= 0.6 is 11.6 Å². The molecule has 1 fully saturated rings. The molecule has 4 heteroatoms. The number of likely N-dealkylation sites (tertiary alicyclic amines) is 1. The van der Waals surface area contributed by atoms with Crippen LogP contribution in [0.25, 0.3) is 11.3 Å². The van der Waals surface area contributed by atoms with E-state index >= 15 is 0 Å². The van der Waals surface area contributed by atoms with Crippen LogP contribution in [0.5, 0.6) is 0 Å². The lowest BCUT2D eigenvalue weighted by molar-refractivity contribution is 0.204. The van der Waals surface area contributed by atoms with Gasteiger partial charge in [0, 0.05) is 23.3 Å². The summed E-state index contributed by atoms with van der Waals surface area (Å²) in [6.45, 7) is 3.04. The maximum Gasteiger partial charge on any atom is 0.123 e. The first kappa shape index (κ1) is 18.1. The summed E-state index contributed by atoms with van der Waals surface area (Å²) in [6.07, 6.45) is 4.10. The molecule has 0 N–H and O–H groups in total. The summed E-state index contributed by atoms with van der Waals surface area (Å²) in [6, 6.07) is 19.0. The SMILES string of the molecule is Fc1ccc(C2CCN(Cc3ccnc(-c4ccc(Cl)cc4)c3)CC2)cc1. The molecule has 0 aliphatic carbocycles. The smallest absolute Gasteiger partial charge is 0.123 e. The van der Waals surface area contributed by atoms with Gasteiger partial charge in [0.05, 0.1) is 5.69 Å². The molecule has 0 radical (unpaired) electrons. The van der Waals surface area contributed by atoms with Crippen LogP contribution < -0.4 is 0 Å². The van der Waals surface area contributed by atoms with Crippen LogP contribution in [0, 0.1) is 5.82 Å². The quantitative estimate of drug-likeness (QED) is 0.558. The Balaban J connectivity index is 1.38. The van der Waals surface area contributed by atoms with E-state index in [0.29, 0.717) is 5.92 Å². The molecule has 1 saturated heterocycles. The number of hydrogen-bond acceptors (Lipinski definition) is 2. The predicted molar refractivity (Wildman–Crippen MR) is 108 cm³/mol. The largest absolute Gasteiger partial charge is 0.299 e. The van der Waals surface area contributed by atoms with Crippen LogP contribution in [-0.2, 0) is 6.54 Å². The van der Waals surface area contributed by atoms with Crippen molar-refractivity contribution >= 4 is 11.6 Å². The lowest BCUT2D eigenvalue weighted by atomic mass is 9.89. The Morgan fingerprint density at radius 3 is 2.37 bits per heavy atom. The van der Waals surface area contributed by atoms with E-state index in [1.807, 2.05) is 42.6 Å². The zero-order chi connectivity index (χ0) is 18.6. The molecule has 3 aromatic rings. The van der Waals surface area contributed by atoms with Crippen molar-refractivity contribution in [2.75, 3.05) is 13.1 Å². The van der Waals surface area contributed by atoms with Crippen LogP contribution in [0.1, 0.15) is 29.9 Å². The zero-order valence-electron chi connectivity index (χ0n) is 15.1. The molecule has 1 aliphatic heterocycles. The highest BCUT2D eigenvalue weighted by Gasteiger charge is 2.20. The maximum absolute atomic E-state index is 13.1. The minimum atomic E-state index is -0.162. The van der Waals surface area contributed by atoms with Gasteiger partial charge in [-0.25, -0.2) is 4.39 Å². The fourth-order valence-electron chi connectivity index (χ4n) is 3.77. The maximum atomic E-state index is 13.1. The zero-order valence-corrected chi connectivity index (χ0v) is 15.9. The second-order valence-electron chi connectivity index (χ2n) is 7.16. The van der Waals surface area contributed by atoms with Gasteiger partial charge in [0.15, 0.2) is 0 Å². The highest BCUT2D eigenvalue weighted by atomic mass is 35.5. The van der Waals surface area contributed by atoms with Crippen LogP contribution in [-0.4, -0.2) is 23.0 Å². The molecule has 27 heavy (non-hydrogen) atoms.